The third-order valence-corrected chi connectivity index (χ3v) is 4.17. The van der Waals surface area contributed by atoms with E-state index in [1.165, 1.54) is 0 Å². The van der Waals surface area contributed by atoms with Gasteiger partial charge in [-0.1, -0.05) is 19.0 Å². The third kappa shape index (κ3) is 3.91. The molecule has 0 aliphatic carbocycles. The SMILES string of the molecule is CC(C)c1noc(-c2ccnc(N3CCN(C[C@@H](C)O)CC3)c2)n1. The number of aliphatic hydroxyl groups is 1. The van der Waals surface area contributed by atoms with Crippen LogP contribution >= 0.6 is 0 Å². The molecule has 0 radical (unpaired) electrons. The monoisotopic (exact) mass is 331 g/mol. The number of piperazine rings is 1. The average Bonchev–Trinajstić information content (AvgIpc) is 3.05. The molecule has 0 amide bonds. The highest BCUT2D eigenvalue weighted by Gasteiger charge is 2.20. The van der Waals surface area contributed by atoms with Gasteiger partial charge in [0.25, 0.3) is 5.89 Å². The van der Waals surface area contributed by atoms with Crippen molar-refractivity contribution in [2.45, 2.75) is 32.8 Å². The molecule has 2 aromatic rings. The molecule has 1 saturated heterocycles. The first kappa shape index (κ1) is 16.9. The number of anilines is 1. The summed E-state index contributed by atoms with van der Waals surface area (Å²) in [6, 6.07) is 3.90. The molecule has 1 fully saturated rings. The molecule has 0 unspecified atom stereocenters. The zero-order chi connectivity index (χ0) is 17.1. The van der Waals surface area contributed by atoms with Crippen LogP contribution in [0, 0.1) is 0 Å². The Hall–Kier alpha value is -1.99. The van der Waals surface area contributed by atoms with E-state index in [0.717, 1.165) is 49.9 Å². The van der Waals surface area contributed by atoms with Crippen molar-refractivity contribution < 1.29 is 9.63 Å². The largest absolute Gasteiger partial charge is 0.392 e. The van der Waals surface area contributed by atoms with Crippen LogP contribution in [0.3, 0.4) is 0 Å². The molecule has 0 bridgehead atoms. The maximum Gasteiger partial charge on any atom is 0.258 e. The molecule has 0 saturated carbocycles. The minimum atomic E-state index is -0.286. The van der Waals surface area contributed by atoms with Crippen LogP contribution < -0.4 is 4.90 Å². The second kappa shape index (κ2) is 7.27. The Bertz CT molecular complexity index is 663. The molecule has 0 aromatic carbocycles. The van der Waals surface area contributed by atoms with Crippen LogP contribution in [0.2, 0.25) is 0 Å². The number of aliphatic hydroxyl groups excluding tert-OH is 1. The highest BCUT2D eigenvalue weighted by molar-refractivity contribution is 5.58. The molecule has 1 aliphatic rings. The number of aromatic nitrogens is 3. The van der Waals surface area contributed by atoms with Gasteiger partial charge in [0.2, 0.25) is 0 Å². The molecule has 0 spiro atoms. The van der Waals surface area contributed by atoms with Gasteiger partial charge in [0, 0.05) is 50.4 Å². The Morgan fingerprint density at radius 2 is 1.96 bits per heavy atom. The van der Waals surface area contributed by atoms with Crippen LogP contribution in [0.1, 0.15) is 32.5 Å². The third-order valence-electron chi connectivity index (χ3n) is 4.17. The van der Waals surface area contributed by atoms with Gasteiger partial charge in [-0.3, -0.25) is 4.90 Å². The van der Waals surface area contributed by atoms with E-state index >= 15 is 0 Å². The fourth-order valence-corrected chi connectivity index (χ4v) is 2.84. The number of β-amino-alcohol motifs (C(OH)–C–C–N with tert-alkyl or cyclic N) is 1. The van der Waals surface area contributed by atoms with Crippen LogP contribution in [0.25, 0.3) is 11.5 Å². The van der Waals surface area contributed by atoms with E-state index in [-0.39, 0.29) is 12.0 Å². The van der Waals surface area contributed by atoms with E-state index < -0.39 is 0 Å². The first-order chi connectivity index (χ1) is 11.5. The van der Waals surface area contributed by atoms with Crippen molar-refractivity contribution in [1.29, 1.82) is 0 Å². The summed E-state index contributed by atoms with van der Waals surface area (Å²) in [4.78, 5) is 13.5. The lowest BCUT2D eigenvalue weighted by molar-refractivity contribution is 0.122. The summed E-state index contributed by atoms with van der Waals surface area (Å²) in [7, 11) is 0. The minimum absolute atomic E-state index is 0.241. The smallest absolute Gasteiger partial charge is 0.258 e. The van der Waals surface area contributed by atoms with Gasteiger partial charge in [0.05, 0.1) is 6.10 Å². The summed E-state index contributed by atoms with van der Waals surface area (Å²) in [5.74, 6) is 2.42. The lowest BCUT2D eigenvalue weighted by Crippen LogP contribution is -2.48. The number of hydrogen-bond acceptors (Lipinski definition) is 7. The highest BCUT2D eigenvalue weighted by Crippen LogP contribution is 2.23. The zero-order valence-electron chi connectivity index (χ0n) is 14.5. The highest BCUT2D eigenvalue weighted by atomic mass is 16.5. The molecule has 7 heteroatoms. The maximum absolute atomic E-state index is 9.50. The minimum Gasteiger partial charge on any atom is -0.392 e. The second-order valence-electron chi connectivity index (χ2n) is 6.65. The van der Waals surface area contributed by atoms with Crippen LogP contribution in [0.15, 0.2) is 22.9 Å². The lowest BCUT2D eigenvalue weighted by Gasteiger charge is -2.35. The first-order valence-corrected chi connectivity index (χ1v) is 8.48. The van der Waals surface area contributed by atoms with Crippen LogP contribution in [-0.4, -0.2) is 64.0 Å². The molecule has 3 heterocycles. The Morgan fingerprint density at radius 3 is 2.58 bits per heavy atom. The zero-order valence-corrected chi connectivity index (χ0v) is 14.5. The van der Waals surface area contributed by atoms with E-state index in [1.54, 1.807) is 6.20 Å². The van der Waals surface area contributed by atoms with Gasteiger partial charge in [-0.2, -0.15) is 4.98 Å². The van der Waals surface area contributed by atoms with Crippen molar-refractivity contribution in [2.75, 3.05) is 37.6 Å². The molecule has 130 valence electrons. The molecule has 1 aliphatic heterocycles. The summed E-state index contributed by atoms with van der Waals surface area (Å²) in [6.07, 6.45) is 1.50. The molecule has 3 rings (SSSR count). The van der Waals surface area contributed by atoms with Gasteiger partial charge in [-0.15, -0.1) is 0 Å². The van der Waals surface area contributed by atoms with Crippen LogP contribution in [0.5, 0.6) is 0 Å². The van der Waals surface area contributed by atoms with E-state index in [0.29, 0.717) is 5.89 Å². The van der Waals surface area contributed by atoms with Crippen LogP contribution in [-0.2, 0) is 0 Å². The molecule has 1 atom stereocenters. The Kier molecular flexibility index (Phi) is 5.11. The molecule has 1 N–H and O–H groups in total. The molecule has 24 heavy (non-hydrogen) atoms. The van der Waals surface area contributed by atoms with Crippen molar-refractivity contribution >= 4 is 5.82 Å². The summed E-state index contributed by atoms with van der Waals surface area (Å²) in [5, 5.41) is 13.5. The van der Waals surface area contributed by atoms with Crippen molar-refractivity contribution in [2.24, 2.45) is 0 Å². The van der Waals surface area contributed by atoms with E-state index in [4.69, 9.17) is 4.52 Å². The normalized spacial score (nSPS) is 17.5. The summed E-state index contributed by atoms with van der Waals surface area (Å²) in [5.41, 5.74) is 0.894. The summed E-state index contributed by atoms with van der Waals surface area (Å²) < 4.78 is 5.37. The average molecular weight is 331 g/mol. The Balaban J connectivity index is 1.69. The van der Waals surface area contributed by atoms with Crippen LogP contribution in [0.4, 0.5) is 5.82 Å². The molecular weight excluding hydrogens is 306 g/mol. The molecular formula is C17H25N5O2. The Morgan fingerprint density at radius 1 is 1.21 bits per heavy atom. The van der Waals surface area contributed by atoms with E-state index in [9.17, 15) is 5.11 Å². The fourth-order valence-electron chi connectivity index (χ4n) is 2.84. The van der Waals surface area contributed by atoms with Crippen molar-refractivity contribution in [1.82, 2.24) is 20.0 Å². The topological polar surface area (TPSA) is 78.5 Å². The number of hydrogen-bond donors (Lipinski definition) is 1. The van der Waals surface area contributed by atoms with Crippen molar-refractivity contribution in [3.8, 4) is 11.5 Å². The van der Waals surface area contributed by atoms with Gasteiger partial charge in [0.15, 0.2) is 5.82 Å². The summed E-state index contributed by atoms with van der Waals surface area (Å²) >= 11 is 0. The molecule has 7 nitrogen and oxygen atoms in total. The van der Waals surface area contributed by atoms with Gasteiger partial charge >= 0.3 is 0 Å². The van der Waals surface area contributed by atoms with Gasteiger partial charge in [-0.25, -0.2) is 4.98 Å². The Labute approximate surface area is 142 Å². The number of rotatable bonds is 5. The maximum atomic E-state index is 9.50. The van der Waals surface area contributed by atoms with Gasteiger partial charge in [0.1, 0.15) is 5.82 Å². The number of pyridine rings is 1. The second-order valence-corrected chi connectivity index (χ2v) is 6.65. The van der Waals surface area contributed by atoms with E-state index in [1.807, 2.05) is 32.9 Å². The van der Waals surface area contributed by atoms with E-state index in [2.05, 4.69) is 24.9 Å². The quantitative estimate of drug-likeness (QED) is 0.894. The van der Waals surface area contributed by atoms with Gasteiger partial charge in [-0.05, 0) is 19.1 Å². The first-order valence-electron chi connectivity index (χ1n) is 8.48. The standard InChI is InChI=1S/C17H25N5O2/c1-12(2)16-19-17(24-20-16)14-4-5-18-15(10-14)22-8-6-21(7-9-22)11-13(3)23/h4-5,10,12-13,23H,6-9,11H2,1-3H3/t13-/m1/s1. The van der Waals surface area contributed by atoms with Gasteiger partial charge < -0.3 is 14.5 Å². The van der Waals surface area contributed by atoms with Crippen molar-refractivity contribution in [3.05, 3.63) is 24.2 Å². The van der Waals surface area contributed by atoms with Crippen molar-refractivity contribution in [3.63, 3.8) is 0 Å². The number of nitrogens with zero attached hydrogens (tertiary/aromatic N) is 5. The fraction of sp³-hybridized carbons (Fsp3) is 0.588. The predicted molar refractivity (Wildman–Crippen MR) is 92.0 cm³/mol. The molecule has 2 aromatic heterocycles. The lowest BCUT2D eigenvalue weighted by atomic mass is 10.2. The summed E-state index contributed by atoms with van der Waals surface area (Å²) in [6.45, 7) is 10.3. The predicted octanol–water partition coefficient (Wildman–Crippen LogP) is 1.76.